The van der Waals surface area contributed by atoms with E-state index in [2.05, 4.69) is 27.7 Å². The maximum Gasteiger partial charge on any atom is 0.209 e. The van der Waals surface area contributed by atoms with Gasteiger partial charge in [0.05, 0.1) is 0 Å². The molecule has 0 aromatic rings. The van der Waals surface area contributed by atoms with Crippen LogP contribution < -0.4 is 0 Å². The zero-order chi connectivity index (χ0) is 10.1. The normalized spacial score (nSPS) is 21.5. The minimum atomic E-state index is 0.362. The van der Waals surface area contributed by atoms with Crippen molar-refractivity contribution in [1.82, 2.24) is 4.90 Å². The van der Waals surface area contributed by atoms with Crippen molar-refractivity contribution >= 4 is 6.41 Å². The van der Waals surface area contributed by atoms with Gasteiger partial charge in [-0.15, -0.1) is 0 Å². The smallest absolute Gasteiger partial charge is 0.209 e. The molecule has 1 aliphatic heterocycles. The number of rotatable bonds is 3. The molecule has 13 heavy (non-hydrogen) atoms. The first-order valence-corrected chi connectivity index (χ1v) is 5.22. The molecular weight excluding hydrogens is 162 g/mol. The van der Waals surface area contributed by atoms with E-state index in [9.17, 15) is 4.79 Å². The Balaban J connectivity index is 2.77. The second kappa shape index (κ2) is 3.69. The van der Waals surface area contributed by atoms with Crippen LogP contribution in [0.4, 0.5) is 0 Å². The number of hydrogen-bond acceptors (Lipinski definition) is 1. The molecule has 1 saturated heterocycles. The van der Waals surface area contributed by atoms with E-state index in [0.717, 1.165) is 19.5 Å². The quantitative estimate of drug-likeness (QED) is 0.614. The second-order valence-electron chi connectivity index (χ2n) is 4.87. The molecule has 0 N–H and O–H groups in total. The summed E-state index contributed by atoms with van der Waals surface area (Å²) >= 11 is 0. The van der Waals surface area contributed by atoms with Crippen LogP contribution in [0.15, 0.2) is 0 Å². The van der Waals surface area contributed by atoms with E-state index in [1.165, 1.54) is 6.42 Å². The molecule has 0 atom stereocenters. The number of amides is 1. The van der Waals surface area contributed by atoms with Gasteiger partial charge in [0, 0.05) is 13.1 Å². The first-order valence-electron chi connectivity index (χ1n) is 5.22. The van der Waals surface area contributed by atoms with Crippen LogP contribution in [0.3, 0.4) is 0 Å². The summed E-state index contributed by atoms with van der Waals surface area (Å²) in [7, 11) is 0. The highest BCUT2D eigenvalue weighted by atomic mass is 16.1. The summed E-state index contributed by atoms with van der Waals surface area (Å²) < 4.78 is 0. The molecule has 1 rings (SSSR count). The zero-order valence-electron chi connectivity index (χ0n) is 9.21. The van der Waals surface area contributed by atoms with Gasteiger partial charge in [0.25, 0.3) is 0 Å². The van der Waals surface area contributed by atoms with E-state index >= 15 is 0 Å². The Morgan fingerprint density at radius 1 is 1.23 bits per heavy atom. The van der Waals surface area contributed by atoms with Gasteiger partial charge in [0.1, 0.15) is 0 Å². The van der Waals surface area contributed by atoms with E-state index in [-0.39, 0.29) is 0 Å². The number of hydrogen-bond donors (Lipinski definition) is 0. The second-order valence-corrected chi connectivity index (χ2v) is 4.87. The maximum absolute atomic E-state index is 10.7. The fourth-order valence-corrected chi connectivity index (χ4v) is 2.59. The van der Waals surface area contributed by atoms with Crippen LogP contribution in [0.25, 0.3) is 0 Å². The predicted octanol–water partition coefficient (Wildman–Crippen LogP) is 2.15. The van der Waals surface area contributed by atoms with E-state index in [4.69, 9.17) is 0 Å². The third kappa shape index (κ3) is 1.72. The molecule has 0 bridgehead atoms. The minimum absolute atomic E-state index is 0.362. The van der Waals surface area contributed by atoms with Crippen LogP contribution >= 0.6 is 0 Å². The summed E-state index contributed by atoms with van der Waals surface area (Å²) in [4.78, 5) is 12.6. The summed E-state index contributed by atoms with van der Waals surface area (Å²) in [6, 6.07) is 0. The van der Waals surface area contributed by atoms with Crippen molar-refractivity contribution in [2.75, 3.05) is 13.1 Å². The third-order valence-corrected chi connectivity index (χ3v) is 3.81. The summed E-state index contributed by atoms with van der Waals surface area (Å²) in [6.07, 6.45) is 2.16. The van der Waals surface area contributed by atoms with Crippen LogP contribution in [0.2, 0.25) is 0 Å². The van der Waals surface area contributed by atoms with Crippen molar-refractivity contribution in [2.24, 2.45) is 17.3 Å². The number of carbonyl (C=O) groups is 1. The summed E-state index contributed by atoms with van der Waals surface area (Å²) in [6.45, 7) is 11.0. The van der Waals surface area contributed by atoms with E-state index < -0.39 is 0 Å². The molecule has 0 aliphatic carbocycles. The summed E-state index contributed by atoms with van der Waals surface area (Å²) in [5.41, 5.74) is 0.362. The molecule has 0 saturated carbocycles. The average Bonchev–Trinajstić information content (AvgIpc) is 2.48. The summed E-state index contributed by atoms with van der Waals surface area (Å²) in [5, 5.41) is 0. The molecule has 0 aromatic carbocycles. The highest BCUT2D eigenvalue weighted by molar-refractivity contribution is 5.48. The van der Waals surface area contributed by atoms with Crippen LogP contribution in [-0.4, -0.2) is 24.4 Å². The summed E-state index contributed by atoms with van der Waals surface area (Å²) in [5.74, 6) is 1.33. The molecule has 1 fully saturated rings. The van der Waals surface area contributed by atoms with Gasteiger partial charge in [0.2, 0.25) is 6.41 Å². The molecule has 0 aromatic heterocycles. The van der Waals surface area contributed by atoms with E-state index in [0.29, 0.717) is 17.3 Å². The Hall–Kier alpha value is -0.530. The first kappa shape index (κ1) is 10.6. The molecule has 76 valence electrons. The zero-order valence-corrected chi connectivity index (χ0v) is 9.21. The molecule has 0 radical (unpaired) electrons. The Morgan fingerprint density at radius 3 is 2.00 bits per heavy atom. The fraction of sp³-hybridized carbons (Fsp3) is 0.909. The lowest BCUT2D eigenvalue weighted by Gasteiger charge is -2.37. The van der Waals surface area contributed by atoms with Gasteiger partial charge in [-0.05, 0) is 23.7 Å². The Bertz CT molecular complexity index is 179. The number of likely N-dealkylation sites (tertiary alicyclic amines) is 1. The lowest BCUT2D eigenvalue weighted by molar-refractivity contribution is -0.117. The van der Waals surface area contributed by atoms with Crippen LogP contribution in [-0.2, 0) is 4.79 Å². The predicted molar refractivity (Wildman–Crippen MR) is 54.4 cm³/mol. The van der Waals surface area contributed by atoms with Crippen molar-refractivity contribution in [3.8, 4) is 0 Å². The third-order valence-electron chi connectivity index (χ3n) is 3.81. The Kier molecular flexibility index (Phi) is 2.99. The highest BCUT2D eigenvalue weighted by Gasteiger charge is 2.42. The molecule has 2 heteroatoms. The Labute approximate surface area is 81.3 Å². The van der Waals surface area contributed by atoms with Gasteiger partial charge in [-0.3, -0.25) is 4.79 Å². The van der Waals surface area contributed by atoms with Gasteiger partial charge >= 0.3 is 0 Å². The van der Waals surface area contributed by atoms with E-state index in [1.54, 1.807) is 0 Å². The van der Waals surface area contributed by atoms with Gasteiger partial charge in [-0.25, -0.2) is 0 Å². The van der Waals surface area contributed by atoms with E-state index in [1.807, 2.05) is 4.90 Å². The van der Waals surface area contributed by atoms with Gasteiger partial charge < -0.3 is 4.90 Å². The lowest BCUT2D eigenvalue weighted by Crippen LogP contribution is -2.36. The van der Waals surface area contributed by atoms with Crippen molar-refractivity contribution < 1.29 is 4.79 Å². The molecule has 1 amide bonds. The van der Waals surface area contributed by atoms with Crippen molar-refractivity contribution in [3.63, 3.8) is 0 Å². The van der Waals surface area contributed by atoms with Crippen molar-refractivity contribution in [1.29, 1.82) is 0 Å². The van der Waals surface area contributed by atoms with Crippen LogP contribution in [0, 0.1) is 17.3 Å². The molecule has 0 unspecified atom stereocenters. The van der Waals surface area contributed by atoms with Gasteiger partial charge in [-0.1, -0.05) is 27.7 Å². The fourth-order valence-electron chi connectivity index (χ4n) is 2.59. The minimum Gasteiger partial charge on any atom is -0.345 e. The molecular formula is C11H21NO. The van der Waals surface area contributed by atoms with Crippen molar-refractivity contribution in [3.05, 3.63) is 0 Å². The maximum atomic E-state index is 10.7. The molecule has 1 heterocycles. The lowest BCUT2D eigenvalue weighted by atomic mass is 9.68. The van der Waals surface area contributed by atoms with Crippen LogP contribution in [0.1, 0.15) is 34.1 Å². The topological polar surface area (TPSA) is 20.3 Å². The van der Waals surface area contributed by atoms with Gasteiger partial charge in [-0.2, -0.15) is 0 Å². The molecule has 2 nitrogen and oxygen atoms in total. The monoisotopic (exact) mass is 183 g/mol. The Morgan fingerprint density at radius 2 is 1.77 bits per heavy atom. The number of nitrogens with zero attached hydrogens (tertiary/aromatic N) is 1. The highest BCUT2D eigenvalue weighted by Crippen LogP contribution is 2.43. The standard InChI is InChI=1S/C11H21NO/c1-9(2)11(10(3)4)5-6-12(7-11)8-13/h8-10H,5-7H2,1-4H3. The van der Waals surface area contributed by atoms with Crippen LogP contribution in [0.5, 0.6) is 0 Å². The number of carbonyl (C=O) groups excluding carboxylic acids is 1. The SMILES string of the molecule is CC(C)C1(C(C)C)CCN(C=O)C1. The molecule has 0 spiro atoms. The first-order chi connectivity index (χ1) is 6.03. The average molecular weight is 183 g/mol. The van der Waals surface area contributed by atoms with Crippen molar-refractivity contribution in [2.45, 2.75) is 34.1 Å². The van der Waals surface area contributed by atoms with Gasteiger partial charge in [0.15, 0.2) is 0 Å². The molecule has 1 aliphatic rings. The largest absolute Gasteiger partial charge is 0.345 e.